The largest absolute Gasteiger partial charge is 0.348 e. The number of nitrogens with zero attached hydrogens (tertiary/aromatic N) is 5. The molecule has 2 heterocycles. The molecule has 0 N–H and O–H groups in total. The van der Waals surface area contributed by atoms with Crippen LogP contribution in [0.25, 0.3) is 6.08 Å². The summed E-state index contributed by atoms with van der Waals surface area (Å²) in [5.41, 5.74) is 0.595. The molecule has 9 heteroatoms. The zero-order valence-electron chi connectivity index (χ0n) is 14.0. The summed E-state index contributed by atoms with van der Waals surface area (Å²) in [4.78, 5) is 31.5. The van der Waals surface area contributed by atoms with Gasteiger partial charge in [-0.15, -0.1) is 0 Å². The Morgan fingerprint density at radius 2 is 2.12 bits per heavy atom. The number of non-ortho nitro benzene ring substituents is 1. The van der Waals surface area contributed by atoms with Crippen LogP contribution in [0.5, 0.6) is 0 Å². The van der Waals surface area contributed by atoms with Crippen molar-refractivity contribution in [3.63, 3.8) is 0 Å². The maximum atomic E-state index is 12.2. The molecule has 2 aliphatic rings. The lowest BCUT2D eigenvalue weighted by Gasteiger charge is -2.34. The van der Waals surface area contributed by atoms with Gasteiger partial charge in [0.15, 0.2) is 5.17 Å². The van der Waals surface area contributed by atoms with Gasteiger partial charge in [0.05, 0.1) is 15.9 Å². The predicted octanol–water partition coefficient (Wildman–Crippen LogP) is 2.10. The highest BCUT2D eigenvalue weighted by molar-refractivity contribution is 8.18. The van der Waals surface area contributed by atoms with Crippen molar-refractivity contribution in [3.05, 3.63) is 44.8 Å². The van der Waals surface area contributed by atoms with Crippen molar-refractivity contribution in [2.45, 2.75) is 6.42 Å². The first-order chi connectivity index (χ1) is 12.6. The molecule has 0 bridgehead atoms. The minimum absolute atomic E-state index is 0.00979. The van der Waals surface area contributed by atoms with Gasteiger partial charge in [-0.1, -0.05) is 12.1 Å². The number of amidine groups is 1. The third-order valence-electron chi connectivity index (χ3n) is 4.17. The van der Waals surface area contributed by atoms with E-state index in [0.29, 0.717) is 22.1 Å². The van der Waals surface area contributed by atoms with E-state index < -0.39 is 4.92 Å². The average molecular weight is 371 g/mol. The molecular weight excluding hydrogens is 354 g/mol. The first-order valence-corrected chi connectivity index (χ1v) is 9.00. The molecule has 3 rings (SSSR count). The van der Waals surface area contributed by atoms with Gasteiger partial charge in [-0.05, 0) is 23.4 Å². The summed E-state index contributed by atoms with van der Waals surface area (Å²) in [7, 11) is 0. The van der Waals surface area contributed by atoms with E-state index in [1.165, 1.54) is 23.9 Å². The Hall–Kier alpha value is -2.70. The van der Waals surface area contributed by atoms with Crippen LogP contribution in [0.4, 0.5) is 5.69 Å². The predicted molar refractivity (Wildman–Crippen MR) is 99.3 cm³/mol. The summed E-state index contributed by atoms with van der Waals surface area (Å²) < 4.78 is 0. The minimum atomic E-state index is -0.459. The molecule has 0 saturated carbocycles. The van der Waals surface area contributed by atoms with E-state index in [1.54, 1.807) is 18.2 Å². The van der Waals surface area contributed by atoms with Gasteiger partial charge in [-0.25, -0.2) is 0 Å². The van der Waals surface area contributed by atoms with Gasteiger partial charge in [-0.2, -0.15) is 10.3 Å². The molecule has 0 aromatic heterocycles. The number of hydrogen-bond donors (Lipinski definition) is 0. The molecule has 8 nitrogen and oxygen atoms in total. The Morgan fingerprint density at radius 1 is 1.35 bits per heavy atom. The van der Waals surface area contributed by atoms with Gasteiger partial charge in [0.25, 0.3) is 11.6 Å². The summed E-state index contributed by atoms with van der Waals surface area (Å²) in [6.07, 6.45) is 2.16. The highest BCUT2D eigenvalue weighted by Gasteiger charge is 2.28. The maximum Gasteiger partial charge on any atom is 0.286 e. The van der Waals surface area contributed by atoms with E-state index in [0.717, 1.165) is 32.7 Å². The summed E-state index contributed by atoms with van der Waals surface area (Å²) >= 11 is 1.30. The Morgan fingerprint density at radius 3 is 2.81 bits per heavy atom. The first kappa shape index (κ1) is 18.1. The Bertz CT molecular complexity index is 822. The highest BCUT2D eigenvalue weighted by Crippen LogP contribution is 2.31. The second-order valence-corrected chi connectivity index (χ2v) is 6.91. The van der Waals surface area contributed by atoms with Crippen LogP contribution in [0.15, 0.2) is 34.2 Å². The smallest absolute Gasteiger partial charge is 0.286 e. The molecule has 0 spiro atoms. The van der Waals surface area contributed by atoms with E-state index in [4.69, 9.17) is 5.26 Å². The molecule has 0 aliphatic carbocycles. The molecule has 1 fully saturated rings. The number of carbonyl (C=O) groups excluding carboxylic acids is 1. The molecule has 1 amide bonds. The lowest BCUT2D eigenvalue weighted by Crippen LogP contribution is -2.47. The summed E-state index contributed by atoms with van der Waals surface area (Å²) in [6.45, 7) is 3.95. The van der Waals surface area contributed by atoms with E-state index in [2.05, 4.69) is 20.9 Å². The number of carbonyl (C=O) groups is 1. The zero-order valence-corrected chi connectivity index (χ0v) is 14.8. The molecule has 0 atom stereocenters. The van der Waals surface area contributed by atoms with E-state index >= 15 is 0 Å². The first-order valence-electron chi connectivity index (χ1n) is 8.18. The SMILES string of the molecule is N#CCCN1CCN(C2=NC(=O)C(=Cc3cccc([N+](=O)[O-])c3)S2)CC1. The number of nitriles is 1. The third kappa shape index (κ3) is 4.28. The summed E-state index contributed by atoms with van der Waals surface area (Å²) in [5, 5.41) is 20.2. The van der Waals surface area contributed by atoms with Crippen molar-refractivity contribution in [2.75, 3.05) is 32.7 Å². The van der Waals surface area contributed by atoms with Crippen molar-refractivity contribution < 1.29 is 9.72 Å². The fourth-order valence-electron chi connectivity index (χ4n) is 2.78. The van der Waals surface area contributed by atoms with Gasteiger partial charge >= 0.3 is 0 Å². The zero-order chi connectivity index (χ0) is 18.5. The van der Waals surface area contributed by atoms with Crippen LogP contribution in [-0.2, 0) is 4.79 Å². The van der Waals surface area contributed by atoms with E-state index in [1.807, 2.05) is 0 Å². The quantitative estimate of drug-likeness (QED) is 0.453. The lowest BCUT2D eigenvalue weighted by molar-refractivity contribution is -0.384. The van der Waals surface area contributed by atoms with Crippen LogP contribution >= 0.6 is 11.8 Å². The molecule has 1 aromatic rings. The van der Waals surface area contributed by atoms with Gasteiger partial charge in [0.1, 0.15) is 0 Å². The molecule has 1 aromatic carbocycles. The number of piperazine rings is 1. The maximum absolute atomic E-state index is 12.2. The average Bonchev–Trinajstić information content (AvgIpc) is 3.01. The van der Waals surface area contributed by atoms with Crippen LogP contribution in [0, 0.1) is 21.4 Å². The van der Waals surface area contributed by atoms with Crippen LogP contribution in [0.3, 0.4) is 0 Å². The highest BCUT2D eigenvalue weighted by atomic mass is 32.2. The fourth-order valence-corrected chi connectivity index (χ4v) is 3.75. The number of nitro groups is 1. The minimum Gasteiger partial charge on any atom is -0.348 e. The topological polar surface area (TPSA) is 103 Å². The second kappa shape index (κ2) is 8.12. The molecule has 1 saturated heterocycles. The van der Waals surface area contributed by atoms with Crippen molar-refractivity contribution >= 4 is 34.6 Å². The number of nitro benzene ring substituents is 1. The molecule has 26 heavy (non-hydrogen) atoms. The van der Waals surface area contributed by atoms with Gasteiger partial charge in [0, 0.05) is 51.3 Å². The summed E-state index contributed by atoms with van der Waals surface area (Å²) in [5.74, 6) is -0.316. The van der Waals surface area contributed by atoms with Gasteiger partial charge in [-0.3, -0.25) is 19.8 Å². The molecular formula is C17H17N5O3S. The van der Waals surface area contributed by atoms with E-state index in [-0.39, 0.29) is 11.6 Å². The van der Waals surface area contributed by atoms with Crippen LogP contribution in [0.1, 0.15) is 12.0 Å². The fraction of sp³-hybridized carbons (Fsp3) is 0.353. The number of hydrogen-bond acceptors (Lipinski definition) is 7. The monoisotopic (exact) mass is 371 g/mol. The Kier molecular flexibility index (Phi) is 5.65. The number of aliphatic imine (C=N–C) groups is 1. The van der Waals surface area contributed by atoms with Crippen molar-refractivity contribution in [3.8, 4) is 6.07 Å². The molecule has 134 valence electrons. The number of thioether (sulfide) groups is 1. The Balaban J connectivity index is 1.63. The lowest BCUT2D eigenvalue weighted by atomic mass is 10.2. The Labute approximate surface area is 154 Å². The van der Waals surface area contributed by atoms with Gasteiger partial charge in [0.2, 0.25) is 0 Å². The summed E-state index contributed by atoms with van der Waals surface area (Å²) in [6, 6.07) is 8.32. The molecule has 2 aliphatic heterocycles. The molecule has 0 unspecified atom stereocenters. The van der Waals surface area contributed by atoms with Crippen LogP contribution in [0.2, 0.25) is 0 Å². The molecule has 0 radical (unpaired) electrons. The third-order valence-corrected chi connectivity index (χ3v) is 5.22. The van der Waals surface area contributed by atoms with Crippen molar-refractivity contribution in [1.82, 2.24) is 9.80 Å². The van der Waals surface area contributed by atoms with E-state index in [9.17, 15) is 14.9 Å². The van der Waals surface area contributed by atoms with Crippen molar-refractivity contribution in [1.29, 1.82) is 5.26 Å². The van der Waals surface area contributed by atoms with Crippen LogP contribution in [-0.4, -0.2) is 58.5 Å². The number of amides is 1. The normalized spacial score (nSPS) is 19.5. The standard InChI is InChI=1S/C17H17N5O3S/c18-5-2-6-20-7-9-21(10-8-20)17-19-16(23)15(26-17)12-13-3-1-4-14(11-13)22(24)25/h1,3-4,11-12H,2,6-10H2. The van der Waals surface area contributed by atoms with Crippen LogP contribution < -0.4 is 0 Å². The second-order valence-electron chi connectivity index (χ2n) is 5.90. The van der Waals surface area contributed by atoms with Crippen molar-refractivity contribution in [2.24, 2.45) is 4.99 Å². The number of rotatable bonds is 4. The number of benzene rings is 1. The van der Waals surface area contributed by atoms with Gasteiger partial charge < -0.3 is 4.90 Å².